The maximum absolute atomic E-state index is 11.9. The van der Waals surface area contributed by atoms with Crippen molar-refractivity contribution in [2.45, 2.75) is 64.8 Å². The van der Waals surface area contributed by atoms with Gasteiger partial charge in [-0.2, -0.15) is 0 Å². The average molecular weight is 327 g/mol. The zero-order valence-corrected chi connectivity index (χ0v) is 15.8. The van der Waals surface area contributed by atoms with Gasteiger partial charge in [0.05, 0.1) is 19.0 Å². The van der Waals surface area contributed by atoms with E-state index in [1.54, 1.807) is 6.92 Å². The number of allylic oxidation sites excluding steroid dienone is 1. The van der Waals surface area contributed by atoms with Gasteiger partial charge in [-0.05, 0) is 37.0 Å². The standard InChI is InChI=1S/C17H30O4Si/c1-8-10-13-12-20-15(16(18)19-9-2)11-14(13)21-22(6,7)17(3,4)5/h8,15H,1,9-12H2,2-7H3/t15-/m0/s1. The first kappa shape index (κ1) is 19.0. The first-order chi connectivity index (χ1) is 10.1. The number of esters is 1. The van der Waals surface area contributed by atoms with Crippen LogP contribution in [0, 0.1) is 0 Å². The van der Waals surface area contributed by atoms with E-state index < -0.39 is 14.4 Å². The van der Waals surface area contributed by atoms with E-state index in [2.05, 4.69) is 40.4 Å². The smallest absolute Gasteiger partial charge is 0.335 e. The van der Waals surface area contributed by atoms with Crippen LogP contribution in [0.25, 0.3) is 0 Å². The van der Waals surface area contributed by atoms with Gasteiger partial charge in [-0.1, -0.05) is 26.8 Å². The van der Waals surface area contributed by atoms with Crippen LogP contribution in [0.5, 0.6) is 0 Å². The molecule has 0 unspecified atom stereocenters. The number of carbonyl (C=O) groups excluding carboxylic acids is 1. The van der Waals surface area contributed by atoms with Gasteiger partial charge in [0.15, 0.2) is 6.10 Å². The molecule has 4 nitrogen and oxygen atoms in total. The number of carbonyl (C=O) groups is 1. The lowest BCUT2D eigenvalue weighted by molar-refractivity contribution is -0.157. The van der Waals surface area contributed by atoms with Gasteiger partial charge < -0.3 is 13.9 Å². The van der Waals surface area contributed by atoms with Gasteiger partial charge in [0, 0.05) is 6.42 Å². The maximum atomic E-state index is 11.9. The Labute approximate surface area is 135 Å². The third-order valence-electron chi connectivity index (χ3n) is 4.35. The topological polar surface area (TPSA) is 44.8 Å². The fraction of sp³-hybridized carbons (Fsp3) is 0.706. The molecule has 1 heterocycles. The molecule has 1 rings (SSSR count). The number of rotatable bonds is 6. The molecular formula is C17H30O4Si. The van der Waals surface area contributed by atoms with Crippen molar-refractivity contribution >= 4 is 14.3 Å². The summed E-state index contributed by atoms with van der Waals surface area (Å²) in [5.41, 5.74) is 1.08. The summed E-state index contributed by atoms with van der Waals surface area (Å²) in [7, 11) is -1.95. The minimum absolute atomic E-state index is 0.108. The van der Waals surface area contributed by atoms with Crippen molar-refractivity contribution in [3.8, 4) is 0 Å². The normalized spacial score (nSPS) is 19.8. The van der Waals surface area contributed by atoms with Crippen LogP contribution in [0.4, 0.5) is 0 Å². The van der Waals surface area contributed by atoms with Crippen LogP contribution in [0.15, 0.2) is 24.0 Å². The van der Waals surface area contributed by atoms with Gasteiger partial charge in [-0.3, -0.25) is 0 Å². The highest BCUT2D eigenvalue weighted by molar-refractivity contribution is 6.74. The van der Waals surface area contributed by atoms with Crippen molar-refractivity contribution in [3.05, 3.63) is 24.0 Å². The third kappa shape index (κ3) is 4.71. The lowest BCUT2D eigenvalue weighted by atomic mass is 10.0. The van der Waals surface area contributed by atoms with E-state index in [1.807, 2.05) is 6.08 Å². The Morgan fingerprint density at radius 3 is 2.59 bits per heavy atom. The quantitative estimate of drug-likeness (QED) is 0.417. The SMILES string of the molecule is C=CCC1=C(O[Si](C)(C)C(C)(C)C)C[C@@H](C(=O)OCC)OC1. The second kappa shape index (κ2) is 7.46. The highest BCUT2D eigenvalue weighted by atomic mass is 28.4. The molecule has 0 aliphatic carbocycles. The Bertz CT molecular complexity index is 446. The summed E-state index contributed by atoms with van der Waals surface area (Å²) in [5.74, 6) is 0.590. The van der Waals surface area contributed by atoms with E-state index in [9.17, 15) is 4.79 Å². The molecule has 0 N–H and O–H groups in total. The molecule has 0 radical (unpaired) electrons. The highest BCUT2D eigenvalue weighted by Crippen LogP contribution is 2.40. The zero-order valence-electron chi connectivity index (χ0n) is 14.8. The average Bonchev–Trinajstić information content (AvgIpc) is 2.39. The highest BCUT2D eigenvalue weighted by Gasteiger charge is 2.41. The molecule has 0 aromatic heterocycles. The lowest BCUT2D eigenvalue weighted by Gasteiger charge is -2.39. The second-order valence-electron chi connectivity index (χ2n) is 7.14. The second-order valence-corrected chi connectivity index (χ2v) is 11.9. The zero-order chi connectivity index (χ0) is 17.0. The van der Waals surface area contributed by atoms with Crippen molar-refractivity contribution in [2.24, 2.45) is 0 Å². The van der Waals surface area contributed by atoms with E-state index in [0.29, 0.717) is 19.6 Å². The minimum Gasteiger partial charge on any atom is -0.546 e. The van der Waals surface area contributed by atoms with Crippen LogP contribution in [-0.4, -0.2) is 33.6 Å². The molecule has 0 aromatic rings. The van der Waals surface area contributed by atoms with Crippen molar-refractivity contribution in [1.29, 1.82) is 0 Å². The first-order valence-electron chi connectivity index (χ1n) is 7.91. The van der Waals surface area contributed by atoms with E-state index in [4.69, 9.17) is 13.9 Å². The van der Waals surface area contributed by atoms with Crippen LogP contribution >= 0.6 is 0 Å². The van der Waals surface area contributed by atoms with E-state index in [0.717, 1.165) is 17.8 Å². The Morgan fingerprint density at radius 1 is 1.45 bits per heavy atom. The fourth-order valence-electron chi connectivity index (χ4n) is 1.96. The van der Waals surface area contributed by atoms with Crippen LogP contribution in [0.2, 0.25) is 18.1 Å². The first-order valence-corrected chi connectivity index (χ1v) is 10.8. The lowest BCUT2D eigenvalue weighted by Crippen LogP contribution is -2.42. The Hall–Kier alpha value is -1.07. The summed E-state index contributed by atoms with van der Waals surface area (Å²) in [6.45, 7) is 17.4. The molecule has 5 heteroatoms. The molecule has 1 aliphatic heterocycles. The minimum atomic E-state index is -1.95. The van der Waals surface area contributed by atoms with Gasteiger partial charge in [-0.15, -0.1) is 6.58 Å². The molecule has 1 aliphatic rings. The Balaban J connectivity index is 2.97. The Morgan fingerprint density at radius 2 is 2.09 bits per heavy atom. The number of hydrogen-bond acceptors (Lipinski definition) is 4. The third-order valence-corrected chi connectivity index (χ3v) is 8.72. The monoisotopic (exact) mass is 326 g/mol. The molecule has 0 spiro atoms. The summed E-state index contributed by atoms with van der Waals surface area (Å²) in [5, 5.41) is 0.108. The van der Waals surface area contributed by atoms with Gasteiger partial charge in [0.2, 0.25) is 8.32 Å². The van der Waals surface area contributed by atoms with Gasteiger partial charge in [-0.25, -0.2) is 4.79 Å². The summed E-state index contributed by atoms with van der Waals surface area (Å²) in [4.78, 5) is 11.9. The molecule has 126 valence electrons. The van der Waals surface area contributed by atoms with Crippen LogP contribution in [-0.2, 0) is 18.7 Å². The molecule has 0 saturated heterocycles. The van der Waals surface area contributed by atoms with Gasteiger partial charge >= 0.3 is 5.97 Å². The molecule has 0 amide bonds. The van der Waals surface area contributed by atoms with Crippen molar-refractivity contribution in [1.82, 2.24) is 0 Å². The largest absolute Gasteiger partial charge is 0.546 e. The van der Waals surface area contributed by atoms with E-state index in [1.165, 1.54) is 0 Å². The summed E-state index contributed by atoms with van der Waals surface area (Å²) in [6, 6.07) is 0. The van der Waals surface area contributed by atoms with E-state index >= 15 is 0 Å². The van der Waals surface area contributed by atoms with Gasteiger partial charge in [0.1, 0.15) is 0 Å². The number of hydrogen-bond donors (Lipinski definition) is 0. The van der Waals surface area contributed by atoms with Crippen molar-refractivity contribution in [2.75, 3.05) is 13.2 Å². The van der Waals surface area contributed by atoms with E-state index in [-0.39, 0.29) is 11.0 Å². The van der Waals surface area contributed by atoms with Crippen molar-refractivity contribution in [3.63, 3.8) is 0 Å². The summed E-state index contributed by atoms with van der Waals surface area (Å²) >= 11 is 0. The number of ether oxygens (including phenoxy) is 2. The Kier molecular flexibility index (Phi) is 6.44. The van der Waals surface area contributed by atoms with Crippen LogP contribution < -0.4 is 0 Å². The predicted molar refractivity (Wildman–Crippen MR) is 91.1 cm³/mol. The summed E-state index contributed by atoms with van der Waals surface area (Å²) in [6.07, 6.45) is 2.46. The predicted octanol–water partition coefficient (Wildman–Crippen LogP) is 4.19. The molecule has 1 atom stereocenters. The van der Waals surface area contributed by atoms with Crippen LogP contribution in [0.3, 0.4) is 0 Å². The molecule has 22 heavy (non-hydrogen) atoms. The van der Waals surface area contributed by atoms with Crippen molar-refractivity contribution < 1.29 is 18.7 Å². The van der Waals surface area contributed by atoms with Gasteiger partial charge in [0.25, 0.3) is 0 Å². The maximum Gasteiger partial charge on any atom is 0.335 e. The van der Waals surface area contributed by atoms with Crippen LogP contribution in [0.1, 0.15) is 40.5 Å². The fourth-order valence-corrected chi connectivity index (χ4v) is 3.11. The molecular weight excluding hydrogens is 296 g/mol. The summed E-state index contributed by atoms with van der Waals surface area (Å²) < 4.78 is 17.2. The molecule has 0 aromatic carbocycles. The molecule has 0 bridgehead atoms. The molecule has 0 fully saturated rings. The molecule has 0 saturated carbocycles.